The standard InChI is InChI=1S/C13H18BN2O/c1-9(2)16(10(3)4)14-11-5-6-13-12(7-11)15-8-17-13/h5-10H,1-4H3. The Kier molecular flexibility index (Phi) is 3.53. The zero-order valence-corrected chi connectivity index (χ0v) is 10.8. The van der Waals surface area contributed by atoms with Gasteiger partial charge in [0.05, 0.1) is 0 Å². The Balaban J connectivity index is 2.21. The van der Waals surface area contributed by atoms with Crippen LogP contribution in [0.15, 0.2) is 29.0 Å². The molecule has 0 saturated carbocycles. The van der Waals surface area contributed by atoms with Gasteiger partial charge in [0.2, 0.25) is 7.41 Å². The molecule has 2 aromatic rings. The van der Waals surface area contributed by atoms with Gasteiger partial charge in [-0.05, 0) is 24.2 Å². The van der Waals surface area contributed by atoms with Gasteiger partial charge in [0.1, 0.15) is 5.52 Å². The van der Waals surface area contributed by atoms with Gasteiger partial charge in [-0.15, -0.1) is 0 Å². The zero-order chi connectivity index (χ0) is 12.4. The van der Waals surface area contributed by atoms with E-state index in [2.05, 4.69) is 57.0 Å². The van der Waals surface area contributed by atoms with Gasteiger partial charge in [0.25, 0.3) is 0 Å². The van der Waals surface area contributed by atoms with Gasteiger partial charge in [-0.2, -0.15) is 0 Å². The molecule has 0 aliphatic carbocycles. The Morgan fingerprint density at radius 3 is 2.53 bits per heavy atom. The molecule has 1 aromatic carbocycles. The first-order valence-electron chi connectivity index (χ1n) is 6.03. The van der Waals surface area contributed by atoms with Crippen molar-refractivity contribution in [3.05, 3.63) is 24.6 Å². The van der Waals surface area contributed by atoms with Crippen molar-refractivity contribution in [2.45, 2.75) is 39.8 Å². The van der Waals surface area contributed by atoms with E-state index in [0.29, 0.717) is 12.1 Å². The van der Waals surface area contributed by atoms with E-state index in [1.807, 2.05) is 6.07 Å². The van der Waals surface area contributed by atoms with E-state index in [1.165, 1.54) is 6.39 Å². The number of nitrogens with zero attached hydrogens (tertiary/aromatic N) is 2. The minimum Gasteiger partial charge on any atom is -0.443 e. The van der Waals surface area contributed by atoms with Crippen LogP contribution in [0.1, 0.15) is 27.7 Å². The van der Waals surface area contributed by atoms with Gasteiger partial charge in [-0.3, -0.25) is 0 Å². The highest BCUT2D eigenvalue weighted by Gasteiger charge is 2.15. The fourth-order valence-corrected chi connectivity index (χ4v) is 2.02. The molecule has 0 spiro atoms. The van der Waals surface area contributed by atoms with E-state index >= 15 is 0 Å². The molecule has 4 heteroatoms. The lowest BCUT2D eigenvalue weighted by molar-refractivity contribution is 0.315. The van der Waals surface area contributed by atoms with E-state index in [-0.39, 0.29) is 0 Å². The van der Waals surface area contributed by atoms with Gasteiger partial charge in [0, 0.05) is 0 Å². The first kappa shape index (κ1) is 12.2. The van der Waals surface area contributed by atoms with Crippen LogP contribution in [0, 0.1) is 0 Å². The third-order valence-electron chi connectivity index (χ3n) is 2.85. The van der Waals surface area contributed by atoms with Crippen LogP contribution >= 0.6 is 0 Å². The average molecular weight is 229 g/mol. The molecular formula is C13H18BN2O. The Hall–Kier alpha value is -1.29. The number of hydrogen-bond donors (Lipinski definition) is 0. The number of fused-ring (bicyclic) bond motifs is 1. The summed E-state index contributed by atoms with van der Waals surface area (Å²) in [5.74, 6) is 0. The molecule has 0 aliphatic rings. The molecule has 1 radical (unpaired) electrons. The summed E-state index contributed by atoms with van der Waals surface area (Å²) in [7, 11) is 2.18. The number of oxazole rings is 1. The van der Waals surface area contributed by atoms with E-state index in [4.69, 9.17) is 4.42 Å². The van der Waals surface area contributed by atoms with Gasteiger partial charge < -0.3 is 9.23 Å². The maximum atomic E-state index is 5.23. The first-order chi connectivity index (χ1) is 8.08. The van der Waals surface area contributed by atoms with Gasteiger partial charge >= 0.3 is 0 Å². The Morgan fingerprint density at radius 2 is 1.88 bits per heavy atom. The topological polar surface area (TPSA) is 29.3 Å². The summed E-state index contributed by atoms with van der Waals surface area (Å²) in [5.41, 5.74) is 2.91. The van der Waals surface area contributed by atoms with Crippen LogP contribution in [-0.4, -0.2) is 29.3 Å². The second-order valence-electron chi connectivity index (χ2n) is 4.84. The molecule has 3 nitrogen and oxygen atoms in total. The maximum Gasteiger partial charge on any atom is 0.248 e. The van der Waals surface area contributed by atoms with E-state index in [1.54, 1.807) is 0 Å². The lowest BCUT2D eigenvalue weighted by atomic mass is 9.78. The predicted molar refractivity (Wildman–Crippen MR) is 71.5 cm³/mol. The summed E-state index contributed by atoms with van der Waals surface area (Å²) >= 11 is 0. The smallest absolute Gasteiger partial charge is 0.248 e. The summed E-state index contributed by atoms with van der Waals surface area (Å²) in [6.07, 6.45) is 1.48. The summed E-state index contributed by atoms with van der Waals surface area (Å²) in [5, 5.41) is 0. The van der Waals surface area contributed by atoms with Gasteiger partial charge in [-0.1, -0.05) is 39.2 Å². The van der Waals surface area contributed by atoms with Crippen LogP contribution in [0.2, 0.25) is 0 Å². The predicted octanol–water partition coefficient (Wildman–Crippen LogP) is 2.19. The lowest BCUT2D eigenvalue weighted by Crippen LogP contribution is -2.45. The van der Waals surface area contributed by atoms with Crippen molar-refractivity contribution >= 4 is 24.0 Å². The monoisotopic (exact) mass is 229 g/mol. The first-order valence-corrected chi connectivity index (χ1v) is 6.03. The van der Waals surface area contributed by atoms with E-state index in [9.17, 15) is 0 Å². The lowest BCUT2D eigenvalue weighted by Gasteiger charge is -2.30. The SMILES string of the molecule is CC(C)N([B]c1ccc2ocnc2c1)C(C)C. The summed E-state index contributed by atoms with van der Waals surface area (Å²) in [4.78, 5) is 6.51. The maximum absolute atomic E-state index is 5.23. The van der Waals surface area contributed by atoms with Crippen LogP contribution in [-0.2, 0) is 0 Å². The van der Waals surface area contributed by atoms with E-state index in [0.717, 1.165) is 16.6 Å². The van der Waals surface area contributed by atoms with Crippen molar-refractivity contribution in [1.29, 1.82) is 0 Å². The molecule has 0 N–H and O–H groups in total. The third kappa shape index (κ3) is 2.69. The third-order valence-corrected chi connectivity index (χ3v) is 2.85. The largest absolute Gasteiger partial charge is 0.443 e. The fraction of sp³-hybridized carbons (Fsp3) is 0.462. The van der Waals surface area contributed by atoms with Crippen LogP contribution in [0.3, 0.4) is 0 Å². The molecule has 0 bridgehead atoms. The summed E-state index contributed by atoms with van der Waals surface area (Å²) < 4.78 is 5.23. The van der Waals surface area contributed by atoms with Crippen molar-refractivity contribution in [2.75, 3.05) is 0 Å². The summed E-state index contributed by atoms with van der Waals surface area (Å²) in [6, 6.07) is 7.06. The highest BCUT2D eigenvalue weighted by atomic mass is 16.3. The minimum absolute atomic E-state index is 0.489. The van der Waals surface area contributed by atoms with Crippen LogP contribution in [0.4, 0.5) is 0 Å². The van der Waals surface area contributed by atoms with Crippen LogP contribution in [0.5, 0.6) is 0 Å². The van der Waals surface area contributed by atoms with Crippen LogP contribution in [0.25, 0.3) is 11.1 Å². The Labute approximate surface area is 103 Å². The van der Waals surface area contributed by atoms with Crippen molar-refractivity contribution in [3.63, 3.8) is 0 Å². The molecule has 1 aromatic heterocycles. The van der Waals surface area contributed by atoms with Crippen molar-refractivity contribution < 1.29 is 4.42 Å². The molecule has 0 unspecified atom stereocenters. The van der Waals surface area contributed by atoms with Gasteiger partial charge in [0.15, 0.2) is 12.0 Å². The second kappa shape index (κ2) is 4.92. The fourth-order valence-electron chi connectivity index (χ4n) is 2.02. The van der Waals surface area contributed by atoms with Crippen LogP contribution < -0.4 is 5.46 Å². The highest BCUT2D eigenvalue weighted by molar-refractivity contribution is 6.51. The van der Waals surface area contributed by atoms with Crippen molar-refractivity contribution in [3.8, 4) is 0 Å². The molecule has 0 saturated heterocycles. The minimum atomic E-state index is 0.489. The normalized spacial score (nSPS) is 11.9. The zero-order valence-electron chi connectivity index (χ0n) is 10.8. The molecule has 0 aliphatic heterocycles. The average Bonchev–Trinajstić information content (AvgIpc) is 2.71. The molecule has 1 heterocycles. The number of aromatic nitrogens is 1. The second-order valence-corrected chi connectivity index (χ2v) is 4.84. The van der Waals surface area contributed by atoms with Gasteiger partial charge in [-0.25, -0.2) is 4.98 Å². The molecule has 0 atom stereocenters. The molecule has 0 amide bonds. The van der Waals surface area contributed by atoms with Crippen molar-refractivity contribution in [1.82, 2.24) is 9.79 Å². The molecule has 2 rings (SSSR count). The Morgan fingerprint density at radius 1 is 1.18 bits per heavy atom. The van der Waals surface area contributed by atoms with E-state index < -0.39 is 0 Å². The molecule has 89 valence electrons. The number of rotatable bonds is 4. The summed E-state index contributed by atoms with van der Waals surface area (Å²) in [6.45, 7) is 8.80. The number of hydrogen-bond acceptors (Lipinski definition) is 3. The highest BCUT2D eigenvalue weighted by Crippen LogP contribution is 2.10. The quantitative estimate of drug-likeness (QED) is 0.752. The molecule has 0 fully saturated rings. The Bertz CT molecular complexity index is 485. The molecular weight excluding hydrogens is 211 g/mol. The molecule has 17 heavy (non-hydrogen) atoms. The number of benzene rings is 1. The van der Waals surface area contributed by atoms with Crippen molar-refractivity contribution in [2.24, 2.45) is 0 Å².